The third-order valence-electron chi connectivity index (χ3n) is 2.11. The molecular formula is C12H10N2S2. The van der Waals surface area contributed by atoms with Gasteiger partial charge >= 0.3 is 0 Å². The summed E-state index contributed by atoms with van der Waals surface area (Å²) < 4.78 is 0. The van der Waals surface area contributed by atoms with Crippen molar-refractivity contribution in [2.75, 3.05) is 0 Å². The summed E-state index contributed by atoms with van der Waals surface area (Å²) in [6, 6.07) is 9.55. The summed E-state index contributed by atoms with van der Waals surface area (Å²) in [6.07, 6.45) is 3.49. The van der Waals surface area contributed by atoms with E-state index in [2.05, 4.69) is 35.2 Å². The number of hydrogen-bond acceptors (Lipinski definition) is 4. The molecule has 0 unspecified atom stereocenters. The molecule has 0 radical (unpaired) electrons. The summed E-state index contributed by atoms with van der Waals surface area (Å²) in [5, 5.41) is 1.65. The summed E-state index contributed by atoms with van der Waals surface area (Å²) >= 11 is 8.46. The van der Waals surface area contributed by atoms with Crippen LogP contribution in [0.25, 0.3) is 16.3 Å². The molecule has 0 saturated carbocycles. The van der Waals surface area contributed by atoms with Crippen molar-refractivity contribution >= 4 is 30.2 Å². The number of rotatable bonds is 2. The van der Waals surface area contributed by atoms with Crippen LogP contribution >= 0.6 is 25.3 Å². The molecule has 2 heterocycles. The number of aromatic nitrogens is 2. The lowest BCUT2D eigenvalue weighted by atomic mass is 10.1. The molecule has 0 amide bonds. The first kappa shape index (κ1) is 11.2. The Hall–Kier alpha value is -1.26. The predicted octanol–water partition coefficient (Wildman–Crippen LogP) is 3.30. The summed E-state index contributed by atoms with van der Waals surface area (Å²) in [5.74, 6) is 0. The molecule has 0 atom stereocenters. The molecule has 0 aliphatic carbocycles. The first-order valence-corrected chi connectivity index (χ1v) is 5.69. The van der Waals surface area contributed by atoms with E-state index in [9.17, 15) is 0 Å². The van der Waals surface area contributed by atoms with Crippen molar-refractivity contribution in [1.29, 1.82) is 0 Å². The SMILES string of the molecule is S/C=C(\S)c1cccnc1-c1ccccn1. The van der Waals surface area contributed by atoms with Crippen LogP contribution in [0.3, 0.4) is 0 Å². The third-order valence-corrected chi connectivity index (χ3v) is 2.95. The average molecular weight is 246 g/mol. The second kappa shape index (κ2) is 5.18. The molecule has 0 fully saturated rings. The molecular weight excluding hydrogens is 236 g/mol. The van der Waals surface area contributed by atoms with Crippen molar-refractivity contribution < 1.29 is 0 Å². The Balaban J connectivity index is 2.58. The predicted molar refractivity (Wildman–Crippen MR) is 73.4 cm³/mol. The van der Waals surface area contributed by atoms with Gasteiger partial charge in [-0.2, -0.15) is 12.6 Å². The average Bonchev–Trinajstić information content (AvgIpc) is 2.39. The van der Waals surface area contributed by atoms with Gasteiger partial charge in [-0.15, -0.1) is 12.6 Å². The third kappa shape index (κ3) is 2.28. The van der Waals surface area contributed by atoms with E-state index in [-0.39, 0.29) is 0 Å². The van der Waals surface area contributed by atoms with Gasteiger partial charge in [-0.3, -0.25) is 9.97 Å². The van der Waals surface area contributed by atoms with Gasteiger partial charge in [0.1, 0.15) is 0 Å². The van der Waals surface area contributed by atoms with Crippen molar-refractivity contribution in [1.82, 2.24) is 9.97 Å². The number of pyridine rings is 2. The highest BCUT2D eigenvalue weighted by Gasteiger charge is 2.08. The largest absolute Gasteiger partial charge is 0.255 e. The molecule has 0 aliphatic heterocycles. The van der Waals surface area contributed by atoms with E-state index in [1.165, 1.54) is 0 Å². The van der Waals surface area contributed by atoms with E-state index in [1.54, 1.807) is 17.8 Å². The van der Waals surface area contributed by atoms with Gasteiger partial charge in [0.15, 0.2) is 0 Å². The minimum atomic E-state index is 0.775. The fourth-order valence-electron chi connectivity index (χ4n) is 1.39. The van der Waals surface area contributed by atoms with Gasteiger partial charge in [-0.05, 0) is 23.6 Å². The summed E-state index contributed by atoms with van der Waals surface area (Å²) in [6.45, 7) is 0. The van der Waals surface area contributed by atoms with Crippen LogP contribution in [-0.4, -0.2) is 9.97 Å². The van der Waals surface area contributed by atoms with E-state index in [0.717, 1.165) is 21.9 Å². The summed E-state index contributed by atoms with van der Waals surface area (Å²) in [5.41, 5.74) is 2.58. The Kier molecular flexibility index (Phi) is 3.64. The van der Waals surface area contributed by atoms with Crippen LogP contribution in [0.15, 0.2) is 48.1 Å². The molecule has 80 valence electrons. The van der Waals surface area contributed by atoms with E-state index in [1.807, 2.05) is 30.3 Å². The molecule has 2 rings (SSSR count). The molecule has 2 aromatic heterocycles. The lowest BCUT2D eigenvalue weighted by molar-refractivity contribution is 1.24. The van der Waals surface area contributed by atoms with Crippen molar-refractivity contribution in [3.05, 3.63) is 53.7 Å². The smallest absolute Gasteiger partial charge is 0.0969 e. The lowest BCUT2D eigenvalue weighted by Crippen LogP contribution is -1.91. The maximum Gasteiger partial charge on any atom is 0.0969 e. The number of nitrogens with zero attached hydrogens (tertiary/aromatic N) is 2. The molecule has 0 bridgehead atoms. The molecule has 0 aromatic carbocycles. The molecule has 2 aromatic rings. The van der Waals surface area contributed by atoms with Crippen LogP contribution in [0.5, 0.6) is 0 Å². The molecule has 0 saturated heterocycles. The Morgan fingerprint density at radius 1 is 1.06 bits per heavy atom. The minimum absolute atomic E-state index is 0.775. The van der Waals surface area contributed by atoms with Crippen molar-refractivity contribution in [3.63, 3.8) is 0 Å². The Labute approximate surface area is 105 Å². The van der Waals surface area contributed by atoms with Gasteiger partial charge in [0.25, 0.3) is 0 Å². The van der Waals surface area contributed by atoms with Crippen LogP contribution < -0.4 is 0 Å². The van der Waals surface area contributed by atoms with Crippen LogP contribution in [-0.2, 0) is 0 Å². The van der Waals surface area contributed by atoms with E-state index in [0.29, 0.717) is 0 Å². The zero-order chi connectivity index (χ0) is 11.4. The maximum atomic E-state index is 4.36. The van der Waals surface area contributed by atoms with E-state index >= 15 is 0 Å². The fraction of sp³-hybridized carbons (Fsp3) is 0. The maximum absolute atomic E-state index is 4.36. The summed E-state index contributed by atoms with van der Waals surface area (Å²) in [4.78, 5) is 9.38. The highest BCUT2D eigenvalue weighted by Crippen LogP contribution is 2.27. The standard InChI is InChI=1S/C12H10N2S2/c15-8-11(16)9-4-3-7-14-12(9)10-5-1-2-6-13-10/h1-8,15-16H/b11-8-. The minimum Gasteiger partial charge on any atom is -0.255 e. The quantitative estimate of drug-likeness (QED) is 0.795. The van der Waals surface area contributed by atoms with Crippen molar-refractivity contribution in [3.8, 4) is 11.4 Å². The fourth-order valence-corrected chi connectivity index (χ4v) is 1.71. The van der Waals surface area contributed by atoms with Crippen LogP contribution in [0.4, 0.5) is 0 Å². The van der Waals surface area contributed by atoms with E-state index < -0.39 is 0 Å². The second-order valence-corrected chi connectivity index (χ2v) is 3.87. The Morgan fingerprint density at radius 2 is 1.88 bits per heavy atom. The highest BCUT2D eigenvalue weighted by molar-refractivity contribution is 7.92. The second-order valence-electron chi connectivity index (χ2n) is 3.13. The van der Waals surface area contributed by atoms with Gasteiger partial charge in [0, 0.05) is 22.9 Å². The number of thiol groups is 2. The van der Waals surface area contributed by atoms with Gasteiger partial charge < -0.3 is 0 Å². The topological polar surface area (TPSA) is 25.8 Å². The van der Waals surface area contributed by atoms with Gasteiger partial charge in [0.05, 0.1) is 11.4 Å². The zero-order valence-electron chi connectivity index (χ0n) is 8.41. The Morgan fingerprint density at radius 3 is 2.56 bits per heavy atom. The number of hydrogen-bond donors (Lipinski definition) is 2. The van der Waals surface area contributed by atoms with Gasteiger partial charge in [0.2, 0.25) is 0 Å². The van der Waals surface area contributed by atoms with Crippen LogP contribution in [0.2, 0.25) is 0 Å². The first-order chi connectivity index (χ1) is 7.83. The molecule has 0 N–H and O–H groups in total. The summed E-state index contributed by atoms with van der Waals surface area (Å²) in [7, 11) is 0. The molecule has 0 spiro atoms. The van der Waals surface area contributed by atoms with Gasteiger partial charge in [-0.1, -0.05) is 12.1 Å². The zero-order valence-corrected chi connectivity index (χ0v) is 10.2. The molecule has 4 heteroatoms. The van der Waals surface area contributed by atoms with Crippen molar-refractivity contribution in [2.24, 2.45) is 0 Å². The monoisotopic (exact) mass is 246 g/mol. The Bertz CT molecular complexity index is 509. The van der Waals surface area contributed by atoms with Crippen LogP contribution in [0.1, 0.15) is 5.56 Å². The molecule has 16 heavy (non-hydrogen) atoms. The molecule has 0 aliphatic rings. The van der Waals surface area contributed by atoms with Gasteiger partial charge in [-0.25, -0.2) is 0 Å². The first-order valence-electron chi connectivity index (χ1n) is 4.73. The van der Waals surface area contributed by atoms with E-state index in [4.69, 9.17) is 0 Å². The molecule has 2 nitrogen and oxygen atoms in total. The van der Waals surface area contributed by atoms with Crippen molar-refractivity contribution in [2.45, 2.75) is 0 Å². The highest BCUT2D eigenvalue weighted by atomic mass is 32.1. The normalized spacial score (nSPS) is 11.5. The lowest BCUT2D eigenvalue weighted by Gasteiger charge is -2.06. The van der Waals surface area contributed by atoms with Crippen LogP contribution in [0, 0.1) is 0 Å².